The van der Waals surface area contributed by atoms with Crippen LogP contribution in [0.2, 0.25) is 0 Å². The van der Waals surface area contributed by atoms with E-state index in [4.69, 9.17) is 9.47 Å². The number of ether oxygens (including phenoxy) is 2. The number of nitrogens with one attached hydrogen (secondary N) is 1. The molecule has 0 radical (unpaired) electrons. The molecule has 2 aliphatic carbocycles. The number of hydrogen-bond acceptors (Lipinski definition) is 4. The number of hydrogen-bond donors (Lipinski definition) is 2. The Bertz CT molecular complexity index is 321. The lowest BCUT2D eigenvalue weighted by molar-refractivity contribution is -0.0742. The van der Waals surface area contributed by atoms with E-state index >= 15 is 0 Å². The molecular weight excluding hydrogens is 254 g/mol. The molecule has 2 rings (SSSR count). The van der Waals surface area contributed by atoms with Crippen molar-refractivity contribution in [1.29, 1.82) is 0 Å². The van der Waals surface area contributed by atoms with Crippen LogP contribution in [0.4, 0.5) is 0 Å². The lowest BCUT2D eigenvalue weighted by Crippen LogP contribution is -2.40. The van der Waals surface area contributed by atoms with Gasteiger partial charge in [0.1, 0.15) is 0 Å². The first-order valence-electron chi connectivity index (χ1n) is 7.91. The summed E-state index contributed by atoms with van der Waals surface area (Å²) in [6.45, 7) is 9.58. The van der Waals surface area contributed by atoms with Crippen LogP contribution in [0.5, 0.6) is 0 Å². The van der Waals surface area contributed by atoms with Gasteiger partial charge in [-0.25, -0.2) is 0 Å². The minimum atomic E-state index is -0.433. The molecule has 2 saturated carbocycles. The highest BCUT2D eigenvalue weighted by molar-refractivity contribution is 5.11. The van der Waals surface area contributed by atoms with Gasteiger partial charge >= 0.3 is 0 Å². The summed E-state index contributed by atoms with van der Waals surface area (Å²) in [5.74, 6) is 0.787. The minimum absolute atomic E-state index is 0.279. The van der Waals surface area contributed by atoms with Crippen LogP contribution in [0.15, 0.2) is 0 Å². The highest BCUT2D eigenvalue weighted by atomic mass is 16.5. The number of rotatable bonds is 8. The highest BCUT2D eigenvalue weighted by Crippen LogP contribution is 2.66. The predicted molar refractivity (Wildman–Crippen MR) is 79.7 cm³/mol. The molecule has 2 aliphatic rings. The van der Waals surface area contributed by atoms with Crippen molar-refractivity contribution in [3.63, 3.8) is 0 Å². The quantitative estimate of drug-likeness (QED) is 0.668. The maximum atomic E-state index is 9.96. The second kappa shape index (κ2) is 6.30. The summed E-state index contributed by atoms with van der Waals surface area (Å²) in [5.41, 5.74) is 0.653. The average Bonchev–Trinajstić information content (AvgIpc) is 2.74. The lowest BCUT2D eigenvalue weighted by Gasteiger charge is -2.39. The second-order valence-electron chi connectivity index (χ2n) is 7.28. The maximum Gasteiger partial charge on any atom is 0.0897 e. The molecular formula is C16H31NO3. The monoisotopic (exact) mass is 285 g/mol. The Morgan fingerprint density at radius 1 is 1.35 bits per heavy atom. The predicted octanol–water partition coefficient (Wildman–Crippen LogP) is 1.81. The first kappa shape index (κ1) is 16.2. The van der Waals surface area contributed by atoms with Gasteiger partial charge in [-0.15, -0.1) is 0 Å². The summed E-state index contributed by atoms with van der Waals surface area (Å²) < 4.78 is 11.0. The molecule has 4 atom stereocenters. The Labute approximate surface area is 123 Å². The van der Waals surface area contributed by atoms with Crippen molar-refractivity contribution in [3.05, 3.63) is 0 Å². The molecule has 20 heavy (non-hydrogen) atoms. The van der Waals surface area contributed by atoms with Gasteiger partial charge in [0.05, 0.1) is 25.4 Å². The van der Waals surface area contributed by atoms with Crippen molar-refractivity contribution < 1.29 is 14.6 Å². The lowest BCUT2D eigenvalue weighted by atomic mass is 9.70. The summed E-state index contributed by atoms with van der Waals surface area (Å²) in [4.78, 5) is 0. The third kappa shape index (κ3) is 2.89. The summed E-state index contributed by atoms with van der Waals surface area (Å²) in [7, 11) is 1.68. The van der Waals surface area contributed by atoms with Gasteiger partial charge in [0.2, 0.25) is 0 Å². The first-order chi connectivity index (χ1) is 9.41. The summed E-state index contributed by atoms with van der Waals surface area (Å²) in [6.07, 6.45) is 3.64. The second-order valence-corrected chi connectivity index (χ2v) is 7.28. The Balaban J connectivity index is 1.73. The van der Waals surface area contributed by atoms with Crippen LogP contribution in [-0.2, 0) is 9.47 Å². The smallest absolute Gasteiger partial charge is 0.0897 e. The van der Waals surface area contributed by atoms with E-state index in [1.54, 1.807) is 7.11 Å². The third-order valence-corrected chi connectivity index (χ3v) is 6.07. The van der Waals surface area contributed by atoms with E-state index in [0.717, 1.165) is 18.9 Å². The molecule has 2 N–H and O–H groups in total. The van der Waals surface area contributed by atoms with Crippen molar-refractivity contribution in [1.82, 2.24) is 5.32 Å². The van der Waals surface area contributed by atoms with Crippen LogP contribution in [-0.4, -0.2) is 50.7 Å². The van der Waals surface area contributed by atoms with E-state index in [0.29, 0.717) is 31.3 Å². The van der Waals surface area contributed by atoms with E-state index in [9.17, 15) is 5.11 Å². The van der Waals surface area contributed by atoms with Gasteiger partial charge in [-0.3, -0.25) is 0 Å². The van der Waals surface area contributed by atoms with E-state index in [1.165, 1.54) is 12.8 Å². The largest absolute Gasteiger partial charge is 0.389 e. The van der Waals surface area contributed by atoms with Crippen LogP contribution in [0, 0.1) is 16.7 Å². The minimum Gasteiger partial charge on any atom is -0.389 e. The molecule has 4 nitrogen and oxygen atoms in total. The van der Waals surface area contributed by atoms with Gasteiger partial charge in [0.25, 0.3) is 0 Å². The fourth-order valence-corrected chi connectivity index (χ4v) is 4.11. The van der Waals surface area contributed by atoms with Crippen molar-refractivity contribution in [2.75, 3.05) is 33.4 Å². The van der Waals surface area contributed by atoms with Crippen molar-refractivity contribution in [3.8, 4) is 0 Å². The molecule has 0 amide bonds. The zero-order chi connectivity index (χ0) is 14.8. The number of aliphatic hydroxyl groups is 1. The molecule has 0 heterocycles. The fraction of sp³-hybridized carbons (Fsp3) is 1.00. The molecule has 0 aromatic rings. The molecule has 0 aromatic carbocycles. The summed E-state index contributed by atoms with van der Waals surface area (Å²) >= 11 is 0. The average molecular weight is 285 g/mol. The molecule has 0 aliphatic heterocycles. The van der Waals surface area contributed by atoms with Crippen LogP contribution in [0.3, 0.4) is 0 Å². The van der Waals surface area contributed by atoms with Gasteiger partial charge in [-0.1, -0.05) is 20.8 Å². The zero-order valence-corrected chi connectivity index (χ0v) is 13.4. The molecule has 0 spiro atoms. The third-order valence-electron chi connectivity index (χ3n) is 6.07. The number of aliphatic hydroxyl groups excluding tert-OH is 1. The summed E-state index contributed by atoms with van der Waals surface area (Å²) in [5, 5.41) is 13.1. The highest BCUT2D eigenvalue weighted by Gasteiger charge is 2.61. The van der Waals surface area contributed by atoms with E-state index < -0.39 is 6.10 Å². The zero-order valence-electron chi connectivity index (χ0n) is 13.4. The fourth-order valence-electron chi connectivity index (χ4n) is 4.11. The Kier molecular flexibility index (Phi) is 5.11. The SMILES string of the molecule is COCCNCC(O)COC1CC2CCC1(C)C2(C)C. The van der Waals surface area contributed by atoms with E-state index in [1.807, 2.05) is 0 Å². The van der Waals surface area contributed by atoms with Gasteiger partial charge in [0, 0.05) is 20.2 Å². The molecule has 4 heteroatoms. The van der Waals surface area contributed by atoms with Gasteiger partial charge in [-0.05, 0) is 36.0 Å². The molecule has 2 fully saturated rings. The Morgan fingerprint density at radius 2 is 2.10 bits per heavy atom. The topological polar surface area (TPSA) is 50.7 Å². The Hall–Kier alpha value is -0.160. The van der Waals surface area contributed by atoms with Gasteiger partial charge < -0.3 is 19.9 Å². The van der Waals surface area contributed by atoms with Crippen molar-refractivity contribution in [2.24, 2.45) is 16.7 Å². The molecule has 118 valence electrons. The normalized spacial score (nSPS) is 36.5. The molecule has 2 bridgehead atoms. The van der Waals surface area contributed by atoms with Crippen LogP contribution >= 0.6 is 0 Å². The molecule has 4 unspecified atom stereocenters. The van der Waals surface area contributed by atoms with Gasteiger partial charge in [0.15, 0.2) is 0 Å². The molecule has 0 saturated heterocycles. The van der Waals surface area contributed by atoms with Gasteiger partial charge in [-0.2, -0.15) is 0 Å². The Morgan fingerprint density at radius 3 is 2.65 bits per heavy atom. The van der Waals surface area contributed by atoms with Crippen LogP contribution < -0.4 is 5.32 Å². The molecule has 0 aromatic heterocycles. The van der Waals surface area contributed by atoms with Crippen LogP contribution in [0.1, 0.15) is 40.0 Å². The van der Waals surface area contributed by atoms with E-state index in [-0.39, 0.29) is 5.41 Å². The standard InChI is InChI=1S/C16H31NO3/c1-15(2)12-5-6-16(15,3)14(9-12)20-11-13(18)10-17-7-8-19-4/h12-14,17-18H,5-11H2,1-4H3. The van der Waals surface area contributed by atoms with Crippen molar-refractivity contribution >= 4 is 0 Å². The summed E-state index contributed by atoms with van der Waals surface area (Å²) in [6, 6.07) is 0. The van der Waals surface area contributed by atoms with E-state index in [2.05, 4.69) is 26.1 Å². The van der Waals surface area contributed by atoms with Crippen molar-refractivity contribution in [2.45, 2.75) is 52.2 Å². The first-order valence-corrected chi connectivity index (χ1v) is 7.91. The number of methoxy groups -OCH3 is 1. The van der Waals surface area contributed by atoms with Crippen LogP contribution in [0.25, 0.3) is 0 Å². The number of fused-ring (bicyclic) bond motifs is 2. The maximum absolute atomic E-state index is 9.96.